The molecule has 0 aliphatic carbocycles. The van der Waals surface area contributed by atoms with Gasteiger partial charge < -0.3 is 31.9 Å². The van der Waals surface area contributed by atoms with Crippen molar-refractivity contribution in [2.75, 3.05) is 41.1 Å². The van der Waals surface area contributed by atoms with E-state index in [1.807, 2.05) is 24.3 Å². The Morgan fingerprint density at radius 2 is 1.12 bits per heavy atom. The van der Waals surface area contributed by atoms with E-state index < -0.39 is 62.9 Å². The summed E-state index contributed by atoms with van der Waals surface area (Å²) in [6, 6.07) is 7.90. The number of epoxide rings is 1. The molecular formula is C49H95NO10Si4. The second-order valence-electron chi connectivity index (χ2n) is 24.8. The van der Waals surface area contributed by atoms with Gasteiger partial charge in [-0.05, 0) is 97.1 Å². The number of amides is 1. The third-order valence-corrected chi connectivity index (χ3v) is 33.6. The van der Waals surface area contributed by atoms with Crippen LogP contribution in [0.15, 0.2) is 24.3 Å². The van der Waals surface area contributed by atoms with Crippen molar-refractivity contribution in [3.05, 3.63) is 29.8 Å². The smallest absolute Gasteiger partial charge is 0.248 e. The molecule has 1 amide bonds. The van der Waals surface area contributed by atoms with Gasteiger partial charge in [0.15, 0.2) is 33.3 Å². The number of nitrogens with zero attached hydrogens (tertiary/aromatic N) is 1. The van der Waals surface area contributed by atoms with Gasteiger partial charge in [-0.3, -0.25) is 14.4 Å². The van der Waals surface area contributed by atoms with E-state index >= 15 is 4.79 Å². The summed E-state index contributed by atoms with van der Waals surface area (Å²) in [6.45, 7) is 49.5. The molecule has 64 heavy (non-hydrogen) atoms. The predicted octanol–water partition coefficient (Wildman–Crippen LogP) is 12.0. The zero-order valence-electron chi connectivity index (χ0n) is 45.3. The summed E-state index contributed by atoms with van der Waals surface area (Å²) in [7, 11) is -5.30. The molecule has 1 aromatic rings. The number of ether oxygens (including phenoxy) is 3. The van der Waals surface area contributed by atoms with Crippen molar-refractivity contribution in [3.63, 3.8) is 0 Å². The molecule has 0 saturated carbocycles. The molecule has 0 N–H and O–H groups in total. The summed E-state index contributed by atoms with van der Waals surface area (Å²) >= 11 is 0. The van der Waals surface area contributed by atoms with Crippen LogP contribution in [0.1, 0.15) is 109 Å². The predicted molar refractivity (Wildman–Crippen MR) is 272 cm³/mol. The number of hydroxylamine groups is 2. The van der Waals surface area contributed by atoms with Crippen LogP contribution in [0.4, 0.5) is 0 Å². The minimum atomic E-state index is -2.59. The van der Waals surface area contributed by atoms with Crippen LogP contribution in [0.2, 0.25) is 72.5 Å². The highest BCUT2D eigenvalue weighted by molar-refractivity contribution is 6.75. The van der Waals surface area contributed by atoms with Crippen molar-refractivity contribution in [1.29, 1.82) is 0 Å². The van der Waals surface area contributed by atoms with Gasteiger partial charge in [0.25, 0.3) is 0 Å². The van der Waals surface area contributed by atoms with Crippen molar-refractivity contribution in [3.8, 4) is 5.75 Å². The Kier molecular flexibility index (Phi) is 19.9. The molecular weight excluding hydrogens is 875 g/mol. The quantitative estimate of drug-likeness (QED) is 0.0563. The Balaban J connectivity index is 2.91. The van der Waals surface area contributed by atoms with E-state index in [4.69, 9.17) is 36.8 Å². The lowest BCUT2D eigenvalue weighted by Crippen LogP contribution is -2.57. The molecule has 2 rings (SSSR count). The molecule has 7 atom stereocenters. The van der Waals surface area contributed by atoms with Crippen LogP contribution in [0, 0.1) is 17.8 Å². The lowest BCUT2D eigenvalue weighted by atomic mass is 9.79. The van der Waals surface area contributed by atoms with E-state index in [2.05, 4.69) is 149 Å². The van der Waals surface area contributed by atoms with Gasteiger partial charge in [0.2, 0.25) is 5.91 Å². The average molecular weight is 971 g/mol. The highest BCUT2D eigenvalue weighted by Gasteiger charge is 2.65. The molecule has 1 fully saturated rings. The minimum Gasteiger partial charge on any atom is -0.497 e. The standard InChI is InChI=1S/C49H95NO10Si4/c1-35(31-55-32-36-26-28-37(53-16)29-27-36)43-49(14,58-43)44(60-64(24,25)48(11,12)13)39(34-57-62(20,21)46(5,6)7)42(52)38(33-56-61(18,19)45(2,3)4)40(30-41(51)50(15)54-17)59-63(22,23)47(8,9)10/h26-29,35,38-40,43-44H,30-34H2,1-25H3/t35-,38+,39-,40+,43+,44-,49+/m0/s1. The van der Waals surface area contributed by atoms with E-state index in [0.717, 1.165) is 11.3 Å². The van der Waals surface area contributed by atoms with Gasteiger partial charge in [0.1, 0.15) is 17.1 Å². The molecule has 1 aromatic carbocycles. The molecule has 1 aliphatic rings. The fraction of sp³-hybridized carbons (Fsp3) is 0.837. The second-order valence-corrected chi connectivity index (χ2v) is 43.9. The number of ketones is 1. The first kappa shape index (κ1) is 58.9. The van der Waals surface area contributed by atoms with Gasteiger partial charge in [-0.2, -0.15) is 0 Å². The van der Waals surface area contributed by atoms with Crippen molar-refractivity contribution in [2.45, 2.75) is 206 Å². The number of benzene rings is 1. The van der Waals surface area contributed by atoms with E-state index in [9.17, 15) is 4.79 Å². The maximum Gasteiger partial charge on any atom is 0.248 e. The van der Waals surface area contributed by atoms with Crippen molar-refractivity contribution in [2.24, 2.45) is 17.8 Å². The maximum atomic E-state index is 16.4. The molecule has 1 aliphatic heterocycles. The third kappa shape index (κ3) is 15.1. The van der Waals surface area contributed by atoms with Gasteiger partial charge in [-0.25, -0.2) is 5.06 Å². The normalized spacial score (nSPS) is 20.6. The highest BCUT2D eigenvalue weighted by Crippen LogP contribution is 2.52. The molecule has 0 unspecified atom stereocenters. The number of carbonyl (C=O) groups excluding carboxylic acids is 2. The van der Waals surface area contributed by atoms with E-state index in [1.54, 1.807) is 14.2 Å². The topological polar surface area (TPSA) is 115 Å². The zero-order valence-corrected chi connectivity index (χ0v) is 49.3. The summed E-state index contributed by atoms with van der Waals surface area (Å²) in [5.41, 5.74) is 0.207. The molecule has 0 radical (unpaired) electrons. The fourth-order valence-electron chi connectivity index (χ4n) is 6.63. The summed E-state index contributed by atoms with van der Waals surface area (Å²) < 4.78 is 47.5. The molecule has 1 saturated heterocycles. The number of hydrogen-bond donors (Lipinski definition) is 0. The molecule has 372 valence electrons. The van der Waals surface area contributed by atoms with Crippen molar-refractivity contribution in [1.82, 2.24) is 5.06 Å². The lowest BCUT2D eigenvalue weighted by molar-refractivity contribution is -0.171. The fourth-order valence-corrected chi connectivity index (χ4v) is 11.4. The number of methoxy groups -OCH3 is 1. The van der Waals surface area contributed by atoms with Crippen LogP contribution in [0.3, 0.4) is 0 Å². The second kappa shape index (κ2) is 21.6. The first-order chi connectivity index (χ1) is 28.7. The number of Topliss-reactive ketones (excluding diaryl/α,β-unsaturated/α-hetero) is 1. The maximum absolute atomic E-state index is 16.4. The van der Waals surface area contributed by atoms with E-state index in [-0.39, 0.29) is 63.5 Å². The highest BCUT2D eigenvalue weighted by atomic mass is 28.4. The Labute approximate surface area is 395 Å². The number of rotatable bonds is 24. The minimum absolute atomic E-state index is 0.0135. The average Bonchev–Trinajstić information content (AvgIpc) is 3.84. The van der Waals surface area contributed by atoms with Crippen molar-refractivity contribution < 1.29 is 46.3 Å². The Hall–Kier alpha value is -1.25. The summed E-state index contributed by atoms with van der Waals surface area (Å²) in [6.07, 6.45) is -1.79. The Morgan fingerprint density at radius 1 is 0.688 bits per heavy atom. The Bertz CT molecular complexity index is 1660. The van der Waals surface area contributed by atoms with Crippen molar-refractivity contribution >= 4 is 45.0 Å². The van der Waals surface area contributed by atoms with Crippen LogP contribution >= 0.6 is 0 Å². The molecule has 0 bridgehead atoms. The first-order valence-electron chi connectivity index (χ1n) is 23.6. The third-order valence-electron chi connectivity index (χ3n) is 15.7. The monoisotopic (exact) mass is 970 g/mol. The van der Waals surface area contributed by atoms with Crippen LogP contribution in [-0.2, 0) is 48.2 Å². The van der Waals surface area contributed by atoms with Crippen LogP contribution in [-0.4, -0.2) is 115 Å². The molecule has 11 nitrogen and oxygen atoms in total. The van der Waals surface area contributed by atoms with E-state index in [0.29, 0.717) is 13.2 Å². The number of hydrogen-bond acceptors (Lipinski definition) is 10. The van der Waals surface area contributed by atoms with Gasteiger partial charge >= 0.3 is 0 Å². The van der Waals surface area contributed by atoms with Gasteiger partial charge in [-0.15, -0.1) is 0 Å². The van der Waals surface area contributed by atoms with E-state index in [1.165, 1.54) is 12.2 Å². The molecule has 1 heterocycles. The molecule has 0 aromatic heterocycles. The molecule has 0 spiro atoms. The van der Waals surface area contributed by atoms with Gasteiger partial charge in [-0.1, -0.05) is 102 Å². The largest absolute Gasteiger partial charge is 0.497 e. The van der Waals surface area contributed by atoms with Crippen LogP contribution in [0.5, 0.6) is 5.75 Å². The Morgan fingerprint density at radius 3 is 1.55 bits per heavy atom. The van der Waals surface area contributed by atoms with Gasteiger partial charge in [0, 0.05) is 26.2 Å². The summed E-state index contributed by atoms with van der Waals surface area (Å²) in [4.78, 5) is 35.8. The number of carbonyl (C=O) groups is 2. The van der Waals surface area contributed by atoms with Gasteiger partial charge in [0.05, 0.1) is 64.0 Å². The molecule has 15 heteroatoms. The SMILES string of the molecule is COc1ccc(COC[C@H](C)[C@H]2O[C@@]2(C)[C@@H](O[Si](C)(C)C(C)(C)C)[C@@H](CO[Si](C)(C)C(C)(C)C)C(=O)[C@H](CO[Si](C)(C)C(C)(C)C)[C@@H](CC(=O)N(C)OC)O[Si](C)(C)C(C)(C)C)cc1. The lowest BCUT2D eigenvalue weighted by Gasteiger charge is -2.46. The van der Waals surface area contributed by atoms with Crippen LogP contribution in [0.25, 0.3) is 0 Å². The zero-order chi connectivity index (χ0) is 49.9. The summed E-state index contributed by atoms with van der Waals surface area (Å²) in [5, 5.41) is 0.590. The van der Waals surface area contributed by atoms with Crippen LogP contribution < -0.4 is 4.74 Å². The summed E-state index contributed by atoms with van der Waals surface area (Å²) in [5.74, 6) is -1.19. The first-order valence-corrected chi connectivity index (χ1v) is 35.2.